The van der Waals surface area contributed by atoms with Crippen LogP contribution in [0.25, 0.3) is 11.0 Å². The minimum absolute atomic E-state index is 0.0298. The van der Waals surface area contributed by atoms with Crippen LogP contribution in [0.3, 0.4) is 0 Å². The first kappa shape index (κ1) is 30.8. The number of fused-ring (bicyclic) bond motifs is 1. The van der Waals surface area contributed by atoms with Crippen molar-refractivity contribution in [3.05, 3.63) is 77.3 Å². The summed E-state index contributed by atoms with van der Waals surface area (Å²) in [7, 11) is 0. The molecule has 4 N–H and O–H groups in total. The lowest BCUT2D eigenvalue weighted by Gasteiger charge is -2.27. The Morgan fingerprint density at radius 2 is 1.70 bits per heavy atom. The van der Waals surface area contributed by atoms with E-state index in [1.165, 1.54) is 6.08 Å². The molecule has 2 fully saturated rings. The monoisotopic (exact) mass is 601 g/mol. The van der Waals surface area contributed by atoms with Crippen molar-refractivity contribution in [2.75, 3.05) is 44.6 Å². The number of nitrogens with zero attached hydrogens (tertiary/aromatic N) is 2. The second-order valence-electron chi connectivity index (χ2n) is 11.3. The molecule has 2 aliphatic heterocycles. The van der Waals surface area contributed by atoms with Gasteiger partial charge >= 0.3 is 0 Å². The first-order chi connectivity index (χ1) is 21.3. The number of rotatable bonds is 11. The summed E-state index contributed by atoms with van der Waals surface area (Å²) in [5, 5.41) is 19.0. The number of allylic oxidation sites excluding steroid dienone is 1. The highest BCUT2D eigenvalue weighted by Gasteiger charge is 2.30. The van der Waals surface area contributed by atoms with E-state index in [0.29, 0.717) is 35.6 Å². The van der Waals surface area contributed by atoms with Gasteiger partial charge in [-0.2, -0.15) is 0 Å². The molecule has 2 saturated heterocycles. The van der Waals surface area contributed by atoms with E-state index in [0.717, 1.165) is 55.5 Å². The fourth-order valence-corrected chi connectivity index (χ4v) is 5.61. The average Bonchev–Trinajstić information content (AvgIpc) is 3.66. The summed E-state index contributed by atoms with van der Waals surface area (Å²) in [6, 6.07) is 13.1. The number of carbonyl (C=O) groups excluding carboxylic acids is 4. The predicted molar refractivity (Wildman–Crippen MR) is 166 cm³/mol. The highest BCUT2D eigenvalue weighted by atomic mass is 16.3. The first-order valence-electron chi connectivity index (χ1n) is 15.2. The van der Waals surface area contributed by atoms with E-state index in [1.807, 2.05) is 36.1 Å². The van der Waals surface area contributed by atoms with Crippen LogP contribution in [0.5, 0.6) is 0 Å². The highest BCUT2D eigenvalue weighted by Crippen LogP contribution is 2.24. The number of hydrogen-bond acceptors (Lipinski definition) is 8. The fraction of sp³-hybridized carbons (Fsp3) is 0.394. The number of likely N-dealkylation sites (tertiary alicyclic amines) is 2. The molecule has 3 aromatic rings. The molecule has 11 nitrogen and oxygen atoms in total. The number of carbonyl (C=O) groups is 4. The van der Waals surface area contributed by atoms with E-state index in [1.54, 1.807) is 29.2 Å². The number of nitrogens with one attached hydrogen (secondary N) is 3. The molecule has 0 bridgehead atoms. The number of benzene rings is 2. The largest absolute Gasteiger partial charge is 0.461 e. The molecule has 2 aromatic carbocycles. The Balaban J connectivity index is 1.37. The minimum atomic E-state index is -0.632. The maximum absolute atomic E-state index is 13.7. The maximum atomic E-state index is 13.7. The molecule has 1 aromatic heterocycles. The van der Waals surface area contributed by atoms with Crippen LogP contribution in [-0.4, -0.2) is 83.8 Å². The molecule has 2 aliphatic rings. The zero-order chi connectivity index (χ0) is 31.1. The molecule has 5 rings (SSSR count). The van der Waals surface area contributed by atoms with Crippen LogP contribution in [-0.2, 0) is 9.59 Å². The lowest BCUT2D eigenvalue weighted by molar-refractivity contribution is -0.140. The third kappa shape index (κ3) is 7.65. The Labute approximate surface area is 256 Å². The van der Waals surface area contributed by atoms with Crippen LogP contribution in [0.2, 0.25) is 0 Å². The molecule has 3 heterocycles. The zero-order valence-corrected chi connectivity index (χ0v) is 24.9. The van der Waals surface area contributed by atoms with Crippen molar-refractivity contribution < 1.29 is 28.7 Å². The lowest BCUT2D eigenvalue weighted by Crippen LogP contribution is -2.49. The Hall–Kier alpha value is -4.64. The van der Waals surface area contributed by atoms with E-state index in [2.05, 4.69) is 16.0 Å². The molecule has 0 radical (unpaired) electrons. The summed E-state index contributed by atoms with van der Waals surface area (Å²) < 4.78 is 5.69. The molecule has 3 amide bonds. The molecule has 44 heavy (non-hydrogen) atoms. The van der Waals surface area contributed by atoms with Crippen molar-refractivity contribution in [1.29, 1.82) is 0 Å². The van der Waals surface area contributed by atoms with Gasteiger partial charge in [-0.15, -0.1) is 0 Å². The first-order valence-corrected chi connectivity index (χ1v) is 15.2. The number of aliphatic hydroxyl groups excluding tert-OH is 1. The third-order valence-electron chi connectivity index (χ3n) is 7.92. The second kappa shape index (κ2) is 14.2. The number of hydrogen-bond donors (Lipinski definition) is 4. The van der Waals surface area contributed by atoms with E-state index in [-0.39, 0.29) is 43.2 Å². The van der Waals surface area contributed by atoms with Gasteiger partial charge in [0.1, 0.15) is 23.2 Å². The average molecular weight is 602 g/mol. The Kier molecular flexibility index (Phi) is 9.96. The van der Waals surface area contributed by atoms with Gasteiger partial charge in [-0.05, 0) is 75.4 Å². The molecule has 0 spiro atoms. The van der Waals surface area contributed by atoms with E-state index < -0.39 is 6.04 Å². The van der Waals surface area contributed by atoms with Crippen molar-refractivity contribution in [3.63, 3.8) is 0 Å². The predicted octanol–water partition coefficient (Wildman–Crippen LogP) is 3.19. The third-order valence-corrected chi connectivity index (χ3v) is 7.92. The quantitative estimate of drug-likeness (QED) is 0.194. The van der Waals surface area contributed by atoms with Crippen LogP contribution in [0, 0.1) is 6.92 Å². The Bertz CT molecular complexity index is 1540. The van der Waals surface area contributed by atoms with Crippen molar-refractivity contribution in [3.8, 4) is 0 Å². The topological polar surface area (TPSA) is 144 Å². The Morgan fingerprint density at radius 1 is 0.977 bits per heavy atom. The number of aryl methyl sites for hydroxylation is 1. The van der Waals surface area contributed by atoms with Crippen LogP contribution in [0.15, 0.2) is 64.8 Å². The summed E-state index contributed by atoms with van der Waals surface area (Å²) in [6.07, 6.45) is 5.52. The number of amides is 3. The van der Waals surface area contributed by atoms with Crippen molar-refractivity contribution in [2.45, 2.75) is 45.1 Å². The normalized spacial score (nSPS) is 17.5. The molecular formula is C33H39N5O6. The smallest absolute Gasteiger partial charge is 0.251 e. The summed E-state index contributed by atoms with van der Waals surface area (Å²) in [6.45, 7) is 3.87. The van der Waals surface area contributed by atoms with Gasteiger partial charge in [0.2, 0.25) is 11.8 Å². The van der Waals surface area contributed by atoms with Crippen molar-refractivity contribution in [2.24, 2.45) is 0 Å². The van der Waals surface area contributed by atoms with Gasteiger partial charge in [0.15, 0.2) is 5.78 Å². The van der Waals surface area contributed by atoms with Crippen molar-refractivity contribution in [1.82, 2.24) is 20.4 Å². The number of aliphatic hydroxyl groups is 1. The second-order valence-corrected chi connectivity index (χ2v) is 11.3. The number of anilines is 1. The van der Waals surface area contributed by atoms with Gasteiger partial charge in [0.05, 0.1) is 13.2 Å². The van der Waals surface area contributed by atoms with Gasteiger partial charge in [-0.3, -0.25) is 19.2 Å². The summed E-state index contributed by atoms with van der Waals surface area (Å²) in [5.41, 5.74) is 2.16. The van der Waals surface area contributed by atoms with E-state index >= 15 is 0 Å². The summed E-state index contributed by atoms with van der Waals surface area (Å²) in [5.74, 6) is 0.242. The standard InChI is InChI=1S/C33H39N5O6/c1-22-18-25-19-26(11-12-29(25)44-22)35-30(20-28(40)23-7-9-24(10-8-23)32(42)34-13-17-39)36-27-6-2-3-16-38(33(27)43)21-31(41)37-14-4-5-15-37/h7-12,18-20,27,35-36,39H,2-6,13-17,21H2,1H3,(H,34,42)/t27-/m0/s1. The molecule has 11 heteroatoms. The van der Waals surface area contributed by atoms with Crippen LogP contribution < -0.4 is 16.0 Å². The molecule has 232 valence electrons. The molecule has 0 unspecified atom stereocenters. The van der Waals surface area contributed by atoms with Gasteiger partial charge in [-0.25, -0.2) is 0 Å². The van der Waals surface area contributed by atoms with Crippen LogP contribution in [0.1, 0.15) is 58.6 Å². The SMILES string of the molecule is Cc1cc2cc(NC(=CC(=O)c3ccc(C(=O)NCCO)cc3)N[C@H]3CCCCN(CC(=O)N4CCCC4)C3=O)ccc2o1. The van der Waals surface area contributed by atoms with Gasteiger partial charge < -0.3 is 35.3 Å². The molecule has 0 saturated carbocycles. The molecule has 0 aliphatic carbocycles. The maximum Gasteiger partial charge on any atom is 0.251 e. The molecule has 1 atom stereocenters. The fourth-order valence-electron chi connectivity index (χ4n) is 5.61. The van der Waals surface area contributed by atoms with Gasteiger partial charge in [-0.1, -0.05) is 12.1 Å². The summed E-state index contributed by atoms with van der Waals surface area (Å²) in [4.78, 5) is 55.6. The van der Waals surface area contributed by atoms with Gasteiger partial charge in [0.25, 0.3) is 5.91 Å². The number of furan rings is 1. The molecular weight excluding hydrogens is 562 g/mol. The van der Waals surface area contributed by atoms with E-state index in [4.69, 9.17) is 9.52 Å². The lowest BCUT2D eigenvalue weighted by atomic mass is 10.1. The number of ketones is 1. The minimum Gasteiger partial charge on any atom is -0.461 e. The summed E-state index contributed by atoms with van der Waals surface area (Å²) >= 11 is 0. The van der Waals surface area contributed by atoms with Crippen LogP contribution >= 0.6 is 0 Å². The Morgan fingerprint density at radius 3 is 2.45 bits per heavy atom. The van der Waals surface area contributed by atoms with Crippen molar-refractivity contribution >= 4 is 40.2 Å². The van der Waals surface area contributed by atoms with Crippen LogP contribution in [0.4, 0.5) is 5.69 Å². The highest BCUT2D eigenvalue weighted by molar-refractivity contribution is 6.06. The van der Waals surface area contributed by atoms with Gasteiger partial charge in [0, 0.05) is 54.5 Å². The zero-order valence-electron chi connectivity index (χ0n) is 24.9. The van der Waals surface area contributed by atoms with E-state index in [9.17, 15) is 19.2 Å².